The van der Waals surface area contributed by atoms with Crippen molar-refractivity contribution in [1.82, 2.24) is 9.96 Å². The minimum absolute atomic E-state index is 0.00129. The highest BCUT2D eigenvalue weighted by atomic mass is 16.7. The van der Waals surface area contributed by atoms with Crippen LogP contribution < -0.4 is 10.9 Å². The number of β-amino-alcohol motifs (C(OH)–C–C–N with tert-alkyl or cyclic N) is 1. The average Bonchev–Trinajstić information content (AvgIpc) is 3.35. The minimum Gasteiger partial charge on any atom is -0.466 e. The van der Waals surface area contributed by atoms with E-state index >= 15 is 0 Å². The molecule has 3 heterocycles. The normalized spacial score (nSPS) is 15.7. The molecule has 2 aliphatic rings. The number of amides is 3. The summed E-state index contributed by atoms with van der Waals surface area (Å²) in [6.07, 6.45) is -0.628. The molecule has 0 bridgehead atoms. The van der Waals surface area contributed by atoms with Gasteiger partial charge in [-0.3, -0.25) is 14.4 Å². The van der Waals surface area contributed by atoms with Gasteiger partial charge in [0, 0.05) is 36.5 Å². The number of nitrogens with zero attached hydrogens (tertiary/aromatic N) is 2. The monoisotopic (exact) mass is 513 g/mol. The molecular formula is C24H23N3O10. The Labute approximate surface area is 209 Å². The van der Waals surface area contributed by atoms with Crippen molar-refractivity contribution >= 4 is 46.3 Å². The lowest BCUT2D eigenvalue weighted by molar-refractivity contribution is -0.197. The quantitative estimate of drug-likeness (QED) is 0.275. The molecule has 0 aliphatic carbocycles. The van der Waals surface area contributed by atoms with Crippen LogP contribution in [0.15, 0.2) is 38.7 Å². The van der Waals surface area contributed by atoms with Gasteiger partial charge in [0.25, 0.3) is 17.7 Å². The van der Waals surface area contributed by atoms with Gasteiger partial charge in [-0.05, 0) is 24.6 Å². The summed E-state index contributed by atoms with van der Waals surface area (Å²) in [5, 5.41) is 13.0. The van der Waals surface area contributed by atoms with Crippen molar-refractivity contribution in [3.05, 3.63) is 51.0 Å². The van der Waals surface area contributed by atoms with E-state index in [0.29, 0.717) is 21.7 Å². The minimum atomic E-state index is -0.967. The van der Waals surface area contributed by atoms with Crippen molar-refractivity contribution < 1.29 is 43.1 Å². The standard InChI is InChI=1S/C24H23N3O10/c1-12-14-4-3-13(25-21-16(23(33)35-2)11-26(7-8-28)22(21)32)9-17(14)36-24(34)15(12)10-20(31)37-27-18(29)5-6-19(27)30/h3-4,9,25,28H,5-8,10-11H2,1-2H3. The van der Waals surface area contributed by atoms with E-state index in [2.05, 4.69) is 5.32 Å². The second kappa shape index (κ2) is 10.2. The highest BCUT2D eigenvalue weighted by Crippen LogP contribution is 2.27. The van der Waals surface area contributed by atoms with Crippen LogP contribution in [0.25, 0.3) is 11.0 Å². The van der Waals surface area contributed by atoms with Gasteiger partial charge >= 0.3 is 17.6 Å². The fourth-order valence-corrected chi connectivity index (χ4v) is 4.11. The third kappa shape index (κ3) is 4.93. The maximum atomic E-state index is 12.7. The molecule has 1 fully saturated rings. The number of hydrogen-bond acceptors (Lipinski definition) is 11. The van der Waals surface area contributed by atoms with Gasteiger partial charge in [0.05, 0.1) is 37.8 Å². The van der Waals surface area contributed by atoms with Gasteiger partial charge in [0.1, 0.15) is 11.3 Å². The number of hydrogen-bond donors (Lipinski definition) is 2. The number of esters is 1. The van der Waals surface area contributed by atoms with E-state index in [4.69, 9.17) is 14.0 Å². The van der Waals surface area contributed by atoms with Crippen LogP contribution in [0.5, 0.6) is 0 Å². The number of anilines is 1. The van der Waals surface area contributed by atoms with E-state index < -0.39 is 41.7 Å². The Hall–Kier alpha value is -4.52. The molecule has 0 saturated carbocycles. The topological polar surface area (TPSA) is 173 Å². The number of aliphatic hydroxyl groups is 1. The lowest BCUT2D eigenvalue weighted by atomic mass is 10.0. The third-order valence-electron chi connectivity index (χ3n) is 6.03. The number of aliphatic hydroxyl groups excluding tert-OH is 1. The van der Waals surface area contributed by atoms with Crippen molar-refractivity contribution in [2.75, 3.05) is 32.1 Å². The molecule has 194 valence electrons. The number of ether oxygens (including phenoxy) is 1. The van der Waals surface area contributed by atoms with Crippen LogP contribution in [0.3, 0.4) is 0 Å². The number of carbonyl (C=O) groups is 5. The summed E-state index contributed by atoms with van der Waals surface area (Å²) in [6, 6.07) is 4.64. The molecule has 0 spiro atoms. The second-order valence-corrected chi connectivity index (χ2v) is 8.35. The van der Waals surface area contributed by atoms with Crippen molar-refractivity contribution in [3.63, 3.8) is 0 Å². The zero-order chi connectivity index (χ0) is 26.9. The predicted octanol–water partition coefficient (Wildman–Crippen LogP) is -0.0754. The van der Waals surface area contributed by atoms with Gasteiger partial charge in [-0.1, -0.05) is 0 Å². The van der Waals surface area contributed by atoms with Gasteiger partial charge < -0.3 is 29.3 Å². The molecule has 1 saturated heterocycles. The third-order valence-corrected chi connectivity index (χ3v) is 6.03. The number of imide groups is 1. The van der Waals surface area contributed by atoms with Gasteiger partial charge in [-0.15, -0.1) is 5.06 Å². The van der Waals surface area contributed by atoms with Crippen LogP contribution in [0.4, 0.5) is 5.69 Å². The number of aryl methyl sites for hydroxylation is 1. The summed E-state index contributed by atoms with van der Waals surface area (Å²) in [5.41, 5.74) is 0.148. The number of carbonyl (C=O) groups excluding carboxylic acids is 5. The predicted molar refractivity (Wildman–Crippen MR) is 124 cm³/mol. The Bertz CT molecular complexity index is 1410. The Balaban J connectivity index is 1.59. The lowest BCUT2D eigenvalue weighted by Crippen LogP contribution is -2.33. The number of fused-ring (bicyclic) bond motifs is 1. The zero-order valence-corrected chi connectivity index (χ0v) is 20.0. The first kappa shape index (κ1) is 25.6. The molecule has 3 amide bonds. The molecule has 37 heavy (non-hydrogen) atoms. The molecule has 2 aliphatic heterocycles. The smallest absolute Gasteiger partial charge is 0.340 e. The first-order valence-electron chi connectivity index (χ1n) is 11.3. The Morgan fingerprint density at radius 1 is 1.14 bits per heavy atom. The van der Waals surface area contributed by atoms with E-state index in [1.165, 1.54) is 18.1 Å². The molecule has 2 aromatic rings. The van der Waals surface area contributed by atoms with Crippen LogP contribution in [0.2, 0.25) is 0 Å². The molecule has 13 heteroatoms. The molecule has 1 aromatic heterocycles. The second-order valence-electron chi connectivity index (χ2n) is 8.35. The van der Waals surface area contributed by atoms with Gasteiger partial charge in [-0.2, -0.15) is 0 Å². The average molecular weight is 513 g/mol. The van der Waals surface area contributed by atoms with Crippen LogP contribution in [0, 0.1) is 6.92 Å². The Kier molecular flexibility index (Phi) is 7.07. The summed E-state index contributed by atoms with van der Waals surface area (Å²) in [6.45, 7) is 1.31. The summed E-state index contributed by atoms with van der Waals surface area (Å²) in [5.74, 6) is -3.44. The Morgan fingerprint density at radius 3 is 2.49 bits per heavy atom. The summed E-state index contributed by atoms with van der Waals surface area (Å²) < 4.78 is 10.1. The van der Waals surface area contributed by atoms with E-state index in [-0.39, 0.29) is 55.0 Å². The molecule has 0 unspecified atom stereocenters. The van der Waals surface area contributed by atoms with Crippen molar-refractivity contribution in [2.45, 2.75) is 26.2 Å². The SMILES string of the molecule is COC(=O)C1=C(Nc2ccc3c(C)c(CC(=O)ON4C(=O)CCC4=O)c(=O)oc3c2)C(=O)N(CCO)C1. The molecule has 1 aromatic carbocycles. The number of rotatable bonds is 8. The molecule has 0 atom stereocenters. The molecule has 0 radical (unpaired) electrons. The fourth-order valence-electron chi connectivity index (χ4n) is 4.11. The van der Waals surface area contributed by atoms with Crippen LogP contribution in [0.1, 0.15) is 24.0 Å². The lowest BCUT2D eigenvalue weighted by Gasteiger charge is -2.15. The van der Waals surface area contributed by atoms with Gasteiger partial charge in [-0.25, -0.2) is 14.4 Å². The van der Waals surface area contributed by atoms with Gasteiger partial charge in [0.2, 0.25) is 0 Å². The van der Waals surface area contributed by atoms with E-state index in [1.807, 2.05) is 0 Å². The van der Waals surface area contributed by atoms with Crippen molar-refractivity contribution in [2.24, 2.45) is 0 Å². The van der Waals surface area contributed by atoms with E-state index in [9.17, 15) is 33.9 Å². The van der Waals surface area contributed by atoms with Crippen LogP contribution in [-0.4, -0.2) is 71.5 Å². The Morgan fingerprint density at radius 2 is 1.84 bits per heavy atom. The first-order valence-corrected chi connectivity index (χ1v) is 11.3. The number of methoxy groups -OCH3 is 1. The van der Waals surface area contributed by atoms with Crippen molar-refractivity contribution in [3.8, 4) is 0 Å². The van der Waals surface area contributed by atoms with Crippen LogP contribution in [-0.2, 0) is 40.0 Å². The number of nitrogens with one attached hydrogen (secondary N) is 1. The molecule has 4 rings (SSSR count). The molecule has 13 nitrogen and oxygen atoms in total. The zero-order valence-electron chi connectivity index (χ0n) is 20.0. The van der Waals surface area contributed by atoms with E-state index in [1.54, 1.807) is 19.1 Å². The highest BCUT2D eigenvalue weighted by molar-refractivity contribution is 6.08. The van der Waals surface area contributed by atoms with Crippen molar-refractivity contribution in [1.29, 1.82) is 0 Å². The molecule has 2 N–H and O–H groups in total. The largest absolute Gasteiger partial charge is 0.466 e. The summed E-state index contributed by atoms with van der Waals surface area (Å²) >= 11 is 0. The maximum Gasteiger partial charge on any atom is 0.340 e. The van der Waals surface area contributed by atoms with Crippen LogP contribution >= 0.6 is 0 Å². The van der Waals surface area contributed by atoms with E-state index in [0.717, 1.165) is 0 Å². The first-order chi connectivity index (χ1) is 17.6. The van der Waals surface area contributed by atoms with Gasteiger partial charge in [0.15, 0.2) is 0 Å². The molecular weight excluding hydrogens is 490 g/mol. The number of benzene rings is 1. The summed E-state index contributed by atoms with van der Waals surface area (Å²) in [4.78, 5) is 79.3. The number of hydroxylamine groups is 2. The maximum absolute atomic E-state index is 12.7. The summed E-state index contributed by atoms with van der Waals surface area (Å²) in [7, 11) is 1.19. The highest BCUT2D eigenvalue weighted by Gasteiger charge is 2.35. The fraction of sp³-hybridized carbons (Fsp3) is 0.333.